The predicted molar refractivity (Wildman–Crippen MR) is 137 cm³/mol. The van der Waals surface area contributed by atoms with Gasteiger partial charge in [0.25, 0.3) is 0 Å². The molecule has 1 aromatic heterocycles. The Kier molecular flexibility index (Phi) is 8.11. The van der Waals surface area contributed by atoms with E-state index in [9.17, 15) is 4.79 Å². The fourth-order valence-corrected chi connectivity index (χ4v) is 5.05. The molecule has 180 valence electrons. The number of ether oxygens (including phenoxy) is 1. The van der Waals surface area contributed by atoms with E-state index in [1.165, 1.54) is 23.0 Å². The van der Waals surface area contributed by atoms with E-state index in [-0.39, 0.29) is 12.0 Å². The highest BCUT2D eigenvalue weighted by Crippen LogP contribution is 2.25. The Morgan fingerprint density at radius 3 is 2.35 bits per heavy atom. The molecule has 1 saturated heterocycles. The second-order valence-electron chi connectivity index (χ2n) is 8.33. The molecule has 1 atom stereocenters. The molecule has 0 unspecified atom stereocenters. The van der Waals surface area contributed by atoms with Gasteiger partial charge in [-0.15, -0.1) is 10.2 Å². The highest BCUT2D eigenvalue weighted by Gasteiger charge is 2.23. The topological polar surface area (TPSA) is 63.5 Å². The van der Waals surface area contributed by atoms with E-state index in [2.05, 4.69) is 65.3 Å². The Bertz CT molecular complexity index is 1060. The van der Waals surface area contributed by atoms with Crippen LogP contribution in [0.3, 0.4) is 0 Å². The molecule has 2 aromatic carbocycles. The van der Waals surface area contributed by atoms with Crippen LogP contribution in [0.4, 0.5) is 5.69 Å². The van der Waals surface area contributed by atoms with Crippen LogP contribution in [0.15, 0.2) is 59.8 Å². The first-order valence-corrected chi connectivity index (χ1v) is 13.0. The largest absolute Gasteiger partial charge is 0.483 e. The van der Waals surface area contributed by atoms with Crippen LogP contribution in [0.25, 0.3) is 0 Å². The Morgan fingerprint density at radius 2 is 1.71 bits per heavy atom. The molecule has 0 aliphatic carbocycles. The monoisotopic (exact) mass is 479 g/mol. The Balaban J connectivity index is 1.31. The summed E-state index contributed by atoms with van der Waals surface area (Å²) in [5.41, 5.74) is 2.49. The van der Waals surface area contributed by atoms with Crippen molar-refractivity contribution in [2.45, 2.75) is 45.0 Å². The number of anilines is 1. The van der Waals surface area contributed by atoms with Crippen molar-refractivity contribution in [2.75, 3.05) is 36.8 Å². The summed E-state index contributed by atoms with van der Waals surface area (Å²) in [6, 6.07) is 18.5. The number of carbonyl (C=O) groups is 1. The predicted octanol–water partition coefficient (Wildman–Crippen LogP) is 4.44. The molecule has 0 spiro atoms. The van der Waals surface area contributed by atoms with Gasteiger partial charge in [0.05, 0.1) is 5.75 Å². The number of thioether (sulfide) groups is 1. The number of nitrogens with zero attached hydrogens (tertiary/aromatic N) is 5. The third-order valence-electron chi connectivity index (χ3n) is 6.15. The van der Waals surface area contributed by atoms with Crippen molar-refractivity contribution in [1.29, 1.82) is 0 Å². The van der Waals surface area contributed by atoms with Crippen molar-refractivity contribution in [1.82, 2.24) is 19.7 Å². The fourth-order valence-electron chi connectivity index (χ4n) is 4.14. The van der Waals surface area contributed by atoms with Gasteiger partial charge in [0.2, 0.25) is 5.91 Å². The highest BCUT2D eigenvalue weighted by molar-refractivity contribution is 7.99. The number of rotatable bonds is 9. The van der Waals surface area contributed by atoms with Gasteiger partial charge in [-0.3, -0.25) is 4.79 Å². The molecule has 0 N–H and O–H groups in total. The summed E-state index contributed by atoms with van der Waals surface area (Å²) in [4.78, 5) is 17.1. The standard InChI is InChI=1S/C26H33N5O2S/c1-4-21-11-13-23(14-12-21)33-20(3)25-27-28-26(31(25)5-2)34-19-24(32)30-17-15-29(16-18-30)22-9-7-6-8-10-22/h6-14,20H,4-5,15-19H2,1-3H3/t20-/m1/s1. The number of aryl methyl sites for hydroxylation is 1. The molecule has 0 bridgehead atoms. The van der Waals surface area contributed by atoms with Crippen LogP contribution in [-0.4, -0.2) is 57.5 Å². The van der Waals surface area contributed by atoms with E-state index in [4.69, 9.17) is 4.74 Å². The Hall–Kier alpha value is -3.00. The van der Waals surface area contributed by atoms with Crippen LogP contribution < -0.4 is 9.64 Å². The zero-order valence-electron chi connectivity index (χ0n) is 20.2. The first kappa shape index (κ1) is 24.1. The van der Waals surface area contributed by atoms with E-state index in [0.717, 1.165) is 55.9 Å². The summed E-state index contributed by atoms with van der Waals surface area (Å²) >= 11 is 1.45. The molecule has 4 rings (SSSR count). The molecular weight excluding hydrogens is 446 g/mol. The van der Waals surface area contributed by atoms with Gasteiger partial charge in [0.15, 0.2) is 17.1 Å². The summed E-state index contributed by atoms with van der Waals surface area (Å²) < 4.78 is 8.15. The van der Waals surface area contributed by atoms with Gasteiger partial charge in [0, 0.05) is 38.4 Å². The molecule has 7 nitrogen and oxygen atoms in total. The van der Waals surface area contributed by atoms with E-state index in [1.807, 2.05) is 34.6 Å². The summed E-state index contributed by atoms with van der Waals surface area (Å²) in [6.07, 6.45) is 0.762. The lowest BCUT2D eigenvalue weighted by molar-refractivity contribution is -0.128. The molecule has 34 heavy (non-hydrogen) atoms. The molecule has 8 heteroatoms. The van der Waals surface area contributed by atoms with Crippen molar-refractivity contribution in [2.24, 2.45) is 0 Å². The van der Waals surface area contributed by atoms with Crippen molar-refractivity contribution in [3.05, 3.63) is 66.0 Å². The van der Waals surface area contributed by atoms with Crippen LogP contribution >= 0.6 is 11.8 Å². The van der Waals surface area contributed by atoms with E-state index < -0.39 is 0 Å². The third kappa shape index (κ3) is 5.73. The van der Waals surface area contributed by atoms with E-state index in [1.54, 1.807) is 0 Å². The van der Waals surface area contributed by atoms with Gasteiger partial charge < -0.3 is 19.1 Å². The van der Waals surface area contributed by atoms with Crippen molar-refractivity contribution < 1.29 is 9.53 Å². The van der Waals surface area contributed by atoms with Crippen molar-refractivity contribution in [3.63, 3.8) is 0 Å². The molecule has 1 aliphatic rings. The van der Waals surface area contributed by atoms with E-state index in [0.29, 0.717) is 5.75 Å². The first-order valence-electron chi connectivity index (χ1n) is 12.0. The number of amides is 1. The number of para-hydroxylation sites is 1. The maximum Gasteiger partial charge on any atom is 0.233 e. The Labute approximate surface area is 206 Å². The maximum atomic E-state index is 12.9. The number of aromatic nitrogens is 3. The van der Waals surface area contributed by atoms with Gasteiger partial charge in [-0.1, -0.05) is 49.0 Å². The molecular formula is C26H33N5O2S. The van der Waals surface area contributed by atoms with Gasteiger partial charge in [0.1, 0.15) is 5.75 Å². The minimum atomic E-state index is -0.240. The van der Waals surface area contributed by atoms with Crippen molar-refractivity contribution >= 4 is 23.4 Å². The van der Waals surface area contributed by atoms with Crippen LogP contribution in [0.2, 0.25) is 0 Å². The van der Waals surface area contributed by atoms with Crippen LogP contribution in [0.1, 0.15) is 38.3 Å². The lowest BCUT2D eigenvalue weighted by atomic mass is 10.2. The lowest BCUT2D eigenvalue weighted by Crippen LogP contribution is -2.49. The summed E-state index contributed by atoms with van der Waals surface area (Å²) in [5.74, 6) is 2.09. The van der Waals surface area contributed by atoms with Gasteiger partial charge in [-0.05, 0) is 50.1 Å². The van der Waals surface area contributed by atoms with Gasteiger partial charge in [-0.2, -0.15) is 0 Å². The van der Waals surface area contributed by atoms with Crippen molar-refractivity contribution in [3.8, 4) is 5.75 Å². The van der Waals surface area contributed by atoms with E-state index >= 15 is 0 Å². The van der Waals surface area contributed by atoms with Crippen LogP contribution in [0.5, 0.6) is 5.75 Å². The molecule has 2 heterocycles. The second-order valence-corrected chi connectivity index (χ2v) is 9.28. The first-order chi connectivity index (χ1) is 16.6. The lowest BCUT2D eigenvalue weighted by Gasteiger charge is -2.36. The zero-order valence-corrected chi connectivity index (χ0v) is 21.0. The molecule has 0 radical (unpaired) electrons. The van der Waals surface area contributed by atoms with Gasteiger partial charge >= 0.3 is 0 Å². The SMILES string of the molecule is CCc1ccc(O[C@H](C)c2nnc(SCC(=O)N3CCN(c4ccccc4)CC3)n2CC)cc1. The summed E-state index contributed by atoms with van der Waals surface area (Å²) in [7, 11) is 0. The number of hydrogen-bond donors (Lipinski definition) is 0. The number of carbonyl (C=O) groups excluding carboxylic acids is 1. The van der Waals surface area contributed by atoms with Crippen LogP contribution in [-0.2, 0) is 17.8 Å². The minimum Gasteiger partial charge on any atom is -0.483 e. The number of piperazine rings is 1. The van der Waals surface area contributed by atoms with Gasteiger partial charge in [-0.25, -0.2) is 0 Å². The summed E-state index contributed by atoms with van der Waals surface area (Å²) in [6.45, 7) is 10.1. The molecule has 1 fully saturated rings. The number of benzene rings is 2. The summed E-state index contributed by atoms with van der Waals surface area (Å²) in [5, 5.41) is 9.50. The smallest absolute Gasteiger partial charge is 0.233 e. The molecule has 3 aromatic rings. The maximum absolute atomic E-state index is 12.9. The fraction of sp³-hybridized carbons (Fsp3) is 0.423. The van der Waals surface area contributed by atoms with Crippen LogP contribution in [0, 0.1) is 0 Å². The quantitative estimate of drug-likeness (QED) is 0.423. The Morgan fingerprint density at radius 1 is 1.00 bits per heavy atom. The highest BCUT2D eigenvalue weighted by atomic mass is 32.2. The molecule has 1 amide bonds. The third-order valence-corrected chi connectivity index (χ3v) is 7.10. The average molecular weight is 480 g/mol. The number of hydrogen-bond acceptors (Lipinski definition) is 6. The minimum absolute atomic E-state index is 0.144. The normalized spacial score (nSPS) is 14.8. The second kappa shape index (κ2) is 11.4. The molecule has 0 saturated carbocycles. The zero-order chi connectivity index (χ0) is 23.9. The average Bonchev–Trinajstić information content (AvgIpc) is 3.31. The molecule has 1 aliphatic heterocycles.